The van der Waals surface area contributed by atoms with Gasteiger partial charge >= 0.3 is 0 Å². The molecule has 0 fully saturated rings. The summed E-state index contributed by atoms with van der Waals surface area (Å²) in [5, 5.41) is 3.18. The first-order chi connectivity index (χ1) is 9.81. The van der Waals surface area contributed by atoms with Crippen molar-refractivity contribution in [3.8, 4) is 5.75 Å². The van der Waals surface area contributed by atoms with Crippen molar-refractivity contribution in [1.29, 1.82) is 0 Å². The van der Waals surface area contributed by atoms with Crippen molar-refractivity contribution in [2.45, 2.75) is 31.2 Å². The number of hydrogen-bond donors (Lipinski definition) is 2. The normalized spacial score (nSPS) is 12.1. The molecular formula is C13H20F2N2O3S. The first-order valence-corrected chi connectivity index (χ1v) is 8.03. The van der Waals surface area contributed by atoms with Crippen molar-refractivity contribution in [1.82, 2.24) is 10.0 Å². The predicted molar refractivity (Wildman–Crippen MR) is 76.3 cm³/mol. The maximum atomic E-state index is 12.0. The van der Waals surface area contributed by atoms with E-state index in [0.717, 1.165) is 0 Å². The number of alkyl halides is 2. The van der Waals surface area contributed by atoms with Gasteiger partial charge in [0, 0.05) is 12.6 Å². The van der Waals surface area contributed by atoms with Crippen molar-refractivity contribution in [2.75, 3.05) is 19.7 Å². The summed E-state index contributed by atoms with van der Waals surface area (Å²) >= 11 is 0. The highest BCUT2D eigenvalue weighted by molar-refractivity contribution is 7.89. The van der Waals surface area contributed by atoms with Gasteiger partial charge in [-0.25, -0.2) is 21.9 Å². The van der Waals surface area contributed by atoms with Gasteiger partial charge in [-0.2, -0.15) is 0 Å². The van der Waals surface area contributed by atoms with Gasteiger partial charge in [0.2, 0.25) is 10.0 Å². The lowest BCUT2D eigenvalue weighted by Gasteiger charge is -2.10. The third-order valence-corrected chi connectivity index (χ3v) is 3.92. The average molecular weight is 322 g/mol. The maximum Gasteiger partial charge on any atom is 0.251 e. The molecule has 0 radical (unpaired) electrons. The third-order valence-electron chi connectivity index (χ3n) is 2.49. The number of hydrogen-bond acceptors (Lipinski definition) is 4. The van der Waals surface area contributed by atoms with Crippen molar-refractivity contribution in [2.24, 2.45) is 0 Å². The van der Waals surface area contributed by atoms with Crippen LogP contribution in [-0.2, 0) is 10.0 Å². The van der Waals surface area contributed by atoms with E-state index in [0.29, 0.717) is 24.9 Å². The SMILES string of the molecule is CC(C)NCCOc1ccc(S(=O)(=O)NCC(F)F)cc1. The van der Waals surface area contributed by atoms with E-state index >= 15 is 0 Å². The van der Waals surface area contributed by atoms with E-state index in [1.54, 1.807) is 0 Å². The second-order valence-electron chi connectivity index (χ2n) is 4.67. The molecule has 0 bridgehead atoms. The zero-order valence-electron chi connectivity index (χ0n) is 12.0. The van der Waals surface area contributed by atoms with Gasteiger partial charge in [-0.3, -0.25) is 0 Å². The highest BCUT2D eigenvalue weighted by atomic mass is 32.2. The Hall–Kier alpha value is -1.25. The van der Waals surface area contributed by atoms with E-state index in [1.807, 2.05) is 18.6 Å². The van der Waals surface area contributed by atoms with Crippen molar-refractivity contribution >= 4 is 10.0 Å². The molecule has 5 nitrogen and oxygen atoms in total. The van der Waals surface area contributed by atoms with E-state index in [-0.39, 0.29) is 4.90 Å². The Morgan fingerprint density at radius 3 is 2.33 bits per heavy atom. The summed E-state index contributed by atoms with van der Waals surface area (Å²) in [4.78, 5) is -0.0733. The predicted octanol–water partition coefficient (Wildman–Crippen LogP) is 1.61. The molecule has 0 spiro atoms. The third kappa shape index (κ3) is 6.83. The Kier molecular flexibility index (Phi) is 7.00. The van der Waals surface area contributed by atoms with Crippen LogP contribution in [0.1, 0.15) is 13.8 Å². The summed E-state index contributed by atoms with van der Waals surface area (Å²) in [7, 11) is -3.91. The molecule has 21 heavy (non-hydrogen) atoms. The fourth-order valence-corrected chi connectivity index (χ4v) is 2.49. The molecule has 1 aromatic rings. The number of halogens is 2. The molecule has 0 unspecified atom stereocenters. The average Bonchev–Trinajstić information content (AvgIpc) is 2.42. The Bertz CT molecular complexity index is 519. The minimum Gasteiger partial charge on any atom is -0.492 e. The van der Waals surface area contributed by atoms with E-state index in [2.05, 4.69) is 5.32 Å². The number of nitrogens with one attached hydrogen (secondary N) is 2. The fraction of sp³-hybridized carbons (Fsp3) is 0.538. The molecule has 120 valence electrons. The molecule has 0 atom stereocenters. The number of rotatable bonds is 9. The summed E-state index contributed by atoms with van der Waals surface area (Å²) in [6, 6.07) is 5.98. The lowest BCUT2D eigenvalue weighted by atomic mass is 10.3. The zero-order chi connectivity index (χ0) is 15.9. The Labute approximate surface area is 123 Å². The lowest BCUT2D eigenvalue weighted by molar-refractivity contribution is 0.153. The molecule has 1 aromatic carbocycles. The topological polar surface area (TPSA) is 67.4 Å². The number of ether oxygens (including phenoxy) is 1. The van der Waals surface area contributed by atoms with E-state index in [4.69, 9.17) is 4.74 Å². The molecule has 2 N–H and O–H groups in total. The van der Waals surface area contributed by atoms with Gasteiger partial charge in [0.25, 0.3) is 6.43 Å². The van der Waals surface area contributed by atoms with Gasteiger partial charge in [0.05, 0.1) is 11.4 Å². The monoisotopic (exact) mass is 322 g/mol. The number of benzene rings is 1. The van der Waals surface area contributed by atoms with Crippen molar-refractivity contribution < 1.29 is 21.9 Å². The lowest BCUT2D eigenvalue weighted by Crippen LogP contribution is -2.28. The summed E-state index contributed by atoms with van der Waals surface area (Å²) in [6.07, 6.45) is -2.73. The minimum atomic E-state index is -3.91. The van der Waals surface area contributed by atoms with Gasteiger partial charge < -0.3 is 10.1 Å². The highest BCUT2D eigenvalue weighted by Crippen LogP contribution is 2.15. The molecular weight excluding hydrogens is 302 g/mol. The van der Waals surface area contributed by atoms with Crippen LogP contribution in [0, 0.1) is 0 Å². The van der Waals surface area contributed by atoms with Crippen LogP contribution in [0.25, 0.3) is 0 Å². The molecule has 0 heterocycles. The molecule has 0 saturated carbocycles. The summed E-state index contributed by atoms with van der Waals surface area (Å²) in [5.74, 6) is 0.522. The smallest absolute Gasteiger partial charge is 0.251 e. The van der Waals surface area contributed by atoms with E-state index in [1.165, 1.54) is 24.3 Å². The Morgan fingerprint density at radius 2 is 1.81 bits per heavy atom. The largest absolute Gasteiger partial charge is 0.492 e. The summed E-state index contributed by atoms with van der Waals surface area (Å²) in [5.41, 5.74) is 0. The molecule has 0 amide bonds. The van der Waals surface area contributed by atoms with E-state index in [9.17, 15) is 17.2 Å². The Balaban J connectivity index is 2.53. The van der Waals surface area contributed by atoms with Gasteiger partial charge in [0.1, 0.15) is 12.4 Å². The summed E-state index contributed by atoms with van der Waals surface area (Å²) < 4.78 is 54.7. The fourth-order valence-electron chi connectivity index (χ4n) is 1.49. The molecule has 8 heteroatoms. The molecule has 0 aliphatic rings. The van der Waals surface area contributed by atoms with Crippen LogP contribution in [0.2, 0.25) is 0 Å². The van der Waals surface area contributed by atoms with Crippen LogP contribution in [0.4, 0.5) is 8.78 Å². The van der Waals surface area contributed by atoms with Crippen molar-refractivity contribution in [3.63, 3.8) is 0 Å². The zero-order valence-corrected chi connectivity index (χ0v) is 12.8. The molecule has 1 rings (SSSR count). The van der Waals surface area contributed by atoms with Crippen LogP contribution in [0.15, 0.2) is 29.2 Å². The summed E-state index contributed by atoms with van der Waals surface area (Å²) in [6.45, 7) is 4.27. The second-order valence-corrected chi connectivity index (χ2v) is 6.44. The maximum absolute atomic E-state index is 12.0. The van der Waals surface area contributed by atoms with Gasteiger partial charge in [0.15, 0.2) is 0 Å². The van der Waals surface area contributed by atoms with Crippen LogP contribution in [0.3, 0.4) is 0 Å². The number of sulfonamides is 1. The molecule has 0 aliphatic heterocycles. The van der Waals surface area contributed by atoms with E-state index < -0.39 is 23.0 Å². The molecule has 0 saturated heterocycles. The molecule has 0 aliphatic carbocycles. The van der Waals surface area contributed by atoms with Gasteiger partial charge in [-0.15, -0.1) is 0 Å². The van der Waals surface area contributed by atoms with Gasteiger partial charge in [-0.05, 0) is 24.3 Å². The second kappa shape index (κ2) is 8.26. The Morgan fingerprint density at radius 1 is 1.19 bits per heavy atom. The van der Waals surface area contributed by atoms with Crippen molar-refractivity contribution in [3.05, 3.63) is 24.3 Å². The highest BCUT2D eigenvalue weighted by Gasteiger charge is 2.15. The first-order valence-electron chi connectivity index (χ1n) is 6.55. The van der Waals surface area contributed by atoms with Gasteiger partial charge in [-0.1, -0.05) is 13.8 Å². The molecule has 0 aromatic heterocycles. The quantitative estimate of drug-likeness (QED) is 0.678. The van der Waals surface area contributed by atoms with Crippen LogP contribution in [0.5, 0.6) is 5.75 Å². The van der Waals surface area contributed by atoms with Crippen LogP contribution < -0.4 is 14.8 Å². The van der Waals surface area contributed by atoms with Crippen LogP contribution >= 0.6 is 0 Å². The van der Waals surface area contributed by atoms with Crippen LogP contribution in [-0.4, -0.2) is 40.6 Å². The standard InChI is InChI=1S/C13H20F2N2O3S/c1-10(2)16-7-8-20-11-3-5-12(6-4-11)21(18,19)17-9-13(14)15/h3-6,10,13,16-17H,7-9H2,1-2H3. The minimum absolute atomic E-state index is 0.0733. The first kappa shape index (κ1) is 17.8.